The highest BCUT2D eigenvalue weighted by atomic mass is 19.3. The van der Waals surface area contributed by atoms with Crippen molar-refractivity contribution in [3.8, 4) is 22.9 Å². The van der Waals surface area contributed by atoms with Crippen LogP contribution in [0.3, 0.4) is 0 Å². The SMILES string of the molecule is O=[N+]([O-])c1cc2c(N3C[C@H]4CC[C@@H](C3)N4)nc(OCC34C=CCN3CC3(CC(F)(F)C3)C4)nc2c(F)c1-c1cc(O)cc2ccc(F)c(F)c12. The predicted molar refractivity (Wildman–Crippen MR) is 173 cm³/mol. The number of alkyl halides is 2. The summed E-state index contributed by atoms with van der Waals surface area (Å²) < 4.78 is 81.1. The van der Waals surface area contributed by atoms with Crippen molar-refractivity contribution in [2.75, 3.05) is 37.7 Å². The minimum atomic E-state index is -2.70. The lowest BCUT2D eigenvalue weighted by atomic mass is 9.63. The number of halogens is 5. The van der Waals surface area contributed by atoms with Gasteiger partial charge >= 0.3 is 6.01 Å². The summed E-state index contributed by atoms with van der Waals surface area (Å²) in [6.07, 6.45) is 5.78. The van der Waals surface area contributed by atoms with E-state index in [0.29, 0.717) is 32.6 Å². The van der Waals surface area contributed by atoms with Gasteiger partial charge in [-0.05, 0) is 48.3 Å². The summed E-state index contributed by atoms with van der Waals surface area (Å²) in [7, 11) is 0. The maximum Gasteiger partial charge on any atom is 0.319 e. The third-order valence-electron chi connectivity index (χ3n) is 11.2. The topological polar surface area (TPSA) is 117 Å². The highest BCUT2D eigenvalue weighted by molar-refractivity contribution is 6.04. The number of aromatic nitrogens is 2. The first-order chi connectivity index (χ1) is 23.8. The molecule has 1 unspecified atom stereocenters. The minimum absolute atomic E-state index is 0.00227. The zero-order valence-corrected chi connectivity index (χ0v) is 26.6. The number of anilines is 1. The molecule has 10 nitrogen and oxygen atoms in total. The van der Waals surface area contributed by atoms with Crippen molar-refractivity contribution in [3.63, 3.8) is 0 Å². The number of fused-ring (bicyclic) bond motifs is 5. The van der Waals surface area contributed by atoms with Crippen LogP contribution < -0.4 is 15.0 Å². The van der Waals surface area contributed by atoms with Gasteiger partial charge in [-0.15, -0.1) is 0 Å². The molecule has 50 heavy (non-hydrogen) atoms. The second-order valence-electron chi connectivity index (χ2n) is 14.6. The number of rotatable bonds is 6. The van der Waals surface area contributed by atoms with Crippen molar-refractivity contribution in [2.45, 2.75) is 55.6 Å². The number of phenolic OH excluding ortho intramolecular Hbond substituents is 1. The lowest BCUT2D eigenvalue weighted by Gasteiger charge is -2.45. The Hall–Kier alpha value is -4.63. The molecular weight excluding hydrogens is 663 g/mol. The number of phenols is 1. The summed E-state index contributed by atoms with van der Waals surface area (Å²) in [5, 5.41) is 26.2. The number of hydrogen-bond donors (Lipinski definition) is 2. The fourth-order valence-electron chi connectivity index (χ4n) is 9.28. The van der Waals surface area contributed by atoms with Crippen LogP contribution in [0, 0.1) is 33.0 Å². The third kappa shape index (κ3) is 4.80. The Labute approximate surface area is 281 Å². The van der Waals surface area contributed by atoms with E-state index < -0.39 is 67.2 Å². The summed E-state index contributed by atoms with van der Waals surface area (Å²) in [6.45, 7) is 2.03. The van der Waals surface area contributed by atoms with E-state index in [2.05, 4.69) is 20.2 Å². The summed E-state index contributed by atoms with van der Waals surface area (Å²) in [6, 6.07) is 5.27. The Balaban J connectivity index is 1.20. The molecule has 260 valence electrons. The second kappa shape index (κ2) is 10.7. The molecule has 2 bridgehead atoms. The summed E-state index contributed by atoms with van der Waals surface area (Å²) in [5.41, 5.74) is -3.43. The maximum absolute atomic E-state index is 17.1. The van der Waals surface area contributed by atoms with Crippen molar-refractivity contribution in [3.05, 3.63) is 70.0 Å². The number of benzene rings is 3. The van der Waals surface area contributed by atoms with Crippen LogP contribution in [0.25, 0.3) is 32.8 Å². The van der Waals surface area contributed by atoms with Gasteiger partial charge in [-0.1, -0.05) is 18.2 Å². The van der Waals surface area contributed by atoms with Crippen molar-refractivity contribution in [2.24, 2.45) is 5.41 Å². The first-order valence-electron chi connectivity index (χ1n) is 16.6. The molecule has 0 amide bonds. The molecule has 0 radical (unpaired) electrons. The number of nitrogens with one attached hydrogen (secondary N) is 1. The molecule has 4 aliphatic heterocycles. The molecular formula is C35H31F5N6O4. The average molecular weight is 695 g/mol. The Morgan fingerprint density at radius 2 is 1.80 bits per heavy atom. The predicted octanol–water partition coefficient (Wildman–Crippen LogP) is 6.23. The minimum Gasteiger partial charge on any atom is -0.508 e. The van der Waals surface area contributed by atoms with Crippen LogP contribution in [-0.2, 0) is 0 Å². The van der Waals surface area contributed by atoms with Gasteiger partial charge < -0.3 is 20.1 Å². The van der Waals surface area contributed by atoms with E-state index in [9.17, 15) is 28.4 Å². The molecule has 3 aromatic carbocycles. The molecule has 1 aromatic heterocycles. The lowest BCUT2D eigenvalue weighted by molar-refractivity contribution is -0.384. The normalized spacial score (nSPS) is 26.2. The number of ether oxygens (including phenoxy) is 1. The standard InChI is InChI=1S/C35H31F5N6O4/c36-24-5-2-18-8-21(47)9-22(26(18)28(24)37)27-25(46(48)49)10-23-30(29(27)38)42-32(43-31(23)44-11-19-3-4-20(12-44)41-19)50-17-34-6-1-7-45(34)16-33(13-34)14-35(39,40)15-33/h1-2,5-6,8-10,19-20,41,47H,3-4,7,11-17H2/t19-,20+,34?. The van der Waals surface area contributed by atoms with Crippen molar-refractivity contribution >= 4 is 33.2 Å². The van der Waals surface area contributed by atoms with Gasteiger partial charge in [0.05, 0.1) is 21.4 Å². The first kappa shape index (κ1) is 31.4. The number of hydrogen-bond acceptors (Lipinski definition) is 9. The molecule has 4 fully saturated rings. The zero-order valence-electron chi connectivity index (χ0n) is 26.6. The molecule has 1 saturated carbocycles. The summed E-state index contributed by atoms with van der Waals surface area (Å²) >= 11 is 0. The molecule has 3 atom stereocenters. The summed E-state index contributed by atoms with van der Waals surface area (Å²) in [5.74, 6) is -6.74. The fourth-order valence-corrected chi connectivity index (χ4v) is 9.28. The number of piperazine rings is 1. The number of nitro groups is 1. The second-order valence-corrected chi connectivity index (χ2v) is 14.6. The average Bonchev–Trinajstić information content (AvgIpc) is 3.69. The smallest absolute Gasteiger partial charge is 0.319 e. The Morgan fingerprint density at radius 3 is 2.52 bits per heavy atom. The quantitative estimate of drug-likeness (QED) is 0.105. The van der Waals surface area contributed by atoms with Crippen LogP contribution in [0.1, 0.15) is 32.1 Å². The van der Waals surface area contributed by atoms with Crippen LogP contribution in [0.5, 0.6) is 11.8 Å². The van der Waals surface area contributed by atoms with Crippen LogP contribution in [0.4, 0.5) is 33.5 Å². The van der Waals surface area contributed by atoms with Gasteiger partial charge in [-0.3, -0.25) is 15.0 Å². The fraction of sp³-hybridized carbons (Fsp3) is 0.429. The zero-order chi connectivity index (χ0) is 34.7. The van der Waals surface area contributed by atoms with Gasteiger partial charge in [-0.2, -0.15) is 9.97 Å². The molecule has 5 aliphatic rings. The van der Waals surface area contributed by atoms with Crippen molar-refractivity contribution < 1.29 is 36.7 Å². The highest BCUT2D eigenvalue weighted by Crippen LogP contribution is 2.61. The maximum atomic E-state index is 17.1. The van der Waals surface area contributed by atoms with Crippen LogP contribution in [-0.4, -0.2) is 81.2 Å². The van der Waals surface area contributed by atoms with E-state index in [1.807, 2.05) is 17.1 Å². The number of nitrogens with zero attached hydrogens (tertiary/aromatic N) is 5. The van der Waals surface area contributed by atoms with Gasteiger partial charge in [0.25, 0.3) is 5.69 Å². The molecule has 4 aromatic rings. The largest absolute Gasteiger partial charge is 0.508 e. The highest BCUT2D eigenvalue weighted by Gasteiger charge is 2.64. The Kier molecular flexibility index (Phi) is 6.70. The Morgan fingerprint density at radius 1 is 1.04 bits per heavy atom. The molecule has 1 aliphatic carbocycles. The molecule has 2 N–H and O–H groups in total. The van der Waals surface area contributed by atoms with Crippen LogP contribution in [0.2, 0.25) is 0 Å². The van der Waals surface area contributed by atoms with Crippen molar-refractivity contribution in [1.82, 2.24) is 20.2 Å². The number of nitro benzene ring substituents is 1. The van der Waals surface area contributed by atoms with Crippen molar-refractivity contribution in [1.29, 1.82) is 0 Å². The molecule has 1 spiro atoms. The van der Waals surface area contributed by atoms with Gasteiger partial charge in [0.2, 0.25) is 5.92 Å². The van der Waals surface area contributed by atoms with Crippen LogP contribution in [0.15, 0.2) is 42.5 Å². The monoisotopic (exact) mass is 694 g/mol. The first-order valence-corrected chi connectivity index (χ1v) is 16.6. The van der Waals surface area contributed by atoms with E-state index in [-0.39, 0.29) is 59.6 Å². The van der Waals surface area contributed by atoms with Gasteiger partial charge in [0.1, 0.15) is 23.7 Å². The molecule has 15 heteroatoms. The van der Waals surface area contributed by atoms with Gasteiger partial charge in [-0.25, -0.2) is 22.0 Å². The van der Waals surface area contributed by atoms with Gasteiger partial charge in [0, 0.05) is 68.1 Å². The third-order valence-corrected chi connectivity index (χ3v) is 11.2. The van der Waals surface area contributed by atoms with E-state index in [0.717, 1.165) is 37.1 Å². The van der Waals surface area contributed by atoms with E-state index in [1.54, 1.807) is 0 Å². The Bertz CT molecular complexity index is 2150. The van der Waals surface area contributed by atoms with E-state index >= 15 is 8.78 Å². The molecule has 3 saturated heterocycles. The van der Waals surface area contributed by atoms with E-state index in [1.165, 1.54) is 6.07 Å². The van der Waals surface area contributed by atoms with E-state index in [4.69, 9.17) is 4.74 Å². The van der Waals surface area contributed by atoms with Gasteiger partial charge in [0.15, 0.2) is 17.5 Å². The molecule has 9 rings (SSSR count). The molecule has 5 heterocycles. The van der Waals surface area contributed by atoms with Crippen LogP contribution >= 0.6 is 0 Å². The summed E-state index contributed by atoms with van der Waals surface area (Å²) in [4.78, 5) is 24.9. The number of aromatic hydroxyl groups is 1. The lowest BCUT2D eigenvalue weighted by Crippen LogP contribution is -2.51.